The summed E-state index contributed by atoms with van der Waals surface area (Å²) in [6.07, 6.45) is 0. The maximum atomic E-state index is 13.2. The minimum Gasteiger partial charge on any atom is -0.351 e. The van der Waals surface area contributed by atoms with Gasteiger partial charge in [0.25, 0.3) is 0 Å². The summed E-state index contributed by atoms with van der Waals surface area (Å²) in [5.41, 5.74) is 3.23. The van der Waals surface area contributed by atoms with E-state index in [4.69, 9.17) is 23.8 Å². The number of hydrogen-bond acceptors (Lipinski definition) is 2. The van der Waals surface area contributed by atoms with Crippen molar-refractivity contribution in [1.29, 1.82) is 0 Å². The second-order valence-corrected chi connectivity index (χ2v) is 6.70. The first-order chi connectivity index (χ1) is 12.0. The predicted molar refractivity (Wildman–Crippen MR) is 106 cm³/mol. The average Bonchev–Trinajstić information content (AvgIpc) is 2.62. The van der Waals surface area contributed by atoms with Crippen molar-refractivity contribution < 1.29 is 4.79 Å². The number of benzene rings is 2. The maximum absolute atomic E-state index is 13.2. The molecule has 1 unspecified atom stereocenters. The van der Waals surface area contributed by atoms with Gasteiger partial charge in [-0.3, -0.25) is 4.79 Å². The van der Waals surface area contributed by atoms with Gasteiger partial charge in [-0.05, 0) is 43.8 Å². The fourth-order valence-corrected chi connectivity index (χ4v) is 3.62. The monoisotopic (exact) mass is 370 g/mol. The van der Waals surface area contributed by atoms with Crippen LogP contribution in [0.2, 0.25) is 5.02 Å². The summed E-state index contributed by atoms with van der Waals surface area (Å²) in [4.78, 5) is 15.2. The van der Waals surface area contributed by atoms with Crippen LogP contribution in [-0.2, 0) is 0 Å². The van der Waals surface area contributed by atoms with Crippen LogP contribution in [0.3, 0.4) is 0 Å². The van der Waals surface area contributed by atoms with Crippen molar-refractivity contribution in [3.8, 4) is 0 Å². The highest BCUT2D eigenvalue weighted by Gasteiger charge is 2.33. The Morgan fingerprint density at radius 3 is 2.40 bits per heavy atom. The molecule has 1 aliphatic rings. The van der Waals surface area contributed by atoms with E-state index < -0.39 is 0 Å². The molecule has 128 valence electrons. The number of rotatable bonds is 4. The number of allylic oxidation sites excluding steroid dienone is 1. The predicted octanol–water partition coefficient (Wildman–Crippen LogP) is 4.75. The van der Waals surface area contributed by atoms with Crippen LogP contribution in [0.4, 0.5) is 0 Å². The molecule has 0 aromatic heterocycles. The minimum atomic E-state index is -0.291. The van der Waals surface area contributed by atoms with Crippen LogP contribution in [0.15, 0.2) is 65.9 Å². The van der Waals surface area contributed by atoms with E-state index in [1.54, 1.807) is 0 Å². The fraction of sp³-hybridized carbons (Fsp3) is 0.200. The van der Waals surface area contributed by atoms with E-state index in [2.05, 4.69) is 5.32 Å². The highest BCUT2D eigenvalue weighted by atomic mass is 35.5. The van der Waals surface area contributed by atoms with Gasteiger partial charge in [-0.1, -0.05) is 54.1 Å². The molecule has 0 saturated heterocycles. The van der Waals surface area contributed by atoms with E-state index in [0.29, 0.717) is 27.8 Å². The van der Waals surface area contributed by atoms with Crippen molar-refractivity contribution in [1.82, 2.24) is 10.2 Å². The number of nitrogens with zero attached hydrogens (tertiary/aromatic N) is 1. The van der Waals surface area contributed by atoms with Gasteiger partial charge in [-0.25, -0.2) is 0 Å². The van der Waals surface area contributed by atoms with Crippen LogP contribution in [0.5, 0.6) is 0 Å². The first-order valence-corrected chi connectivity index (χ1v) is 8.95. The van der Waals surface area contributed by atoms with Crippen LogP contribution in [-0.4, -0.2) is 22.3 Å². The molecule has 0 bridgehead atoms. The Bertz CT molecular complexity index is 831. The number of hydrogen-bond donors (Lipinski definition) is 1. The number of carbonyl (C=O) groups excluding carboxylic acids is 1. The molecule has 1 atom stereocenters. The number of carbonyl (C=O) groups is 1. The Kier molecular flexibility index (Phi) is 5.21. The topological polar surface area (TPSA) is 32.3 Å². The Morgan fingerprint density at radius 1 is 1.16 bits per heavy atom. The molecule has 3 rings (SSSR count). The molecule has 1 aliphatic heterocycles. The maximum Gasteiger partial charge on any atom is 0.193 e. The number of thiocarbonyl (C=S) groups is 1. The smallest absolute Gasteiger partial charge is 0.193 e. The summed E-state index contributed by atoms with van der Waals surface area (Å²) in [7, 11) is 0. The normalized spacial score (nSPS) is 17.5. The quantitative estimate of drug-likeness (QED) is 0.622. The molecule has 3 nitrogen and oxygen atoms in total. The molecule has 0 radical (unpaired) electrons. The van der Waals surface area contributed by atoms with Gasteiger partial charge in [0.15, 0.2) is 10.9 Å². The number of ketones is 1. The standard InChI is InChI=1S/C20H19ClN2OS/c1-3-23-13(2)17(19(24)15-7-5-4-6-8-15)18(22-20(23)25)14-9-11-16(21)12-10-14/h4-12,18H,3H2,1-2H3,(H,22,25). The van der Waals surface area contributed by atoms with E-state index in [9.17, 15) is 4.79 Å². The Balaban J connectivity index is 2.12. The second-order valence-electron chi connectivity index (χ2n) is 5.87. The molecule has 0 aliphatic carbocycles. The molecular weight excluding hydrogens is 352 g/mol. The summed E-state index contributed by atoms with van der Waals surface area (Å²) in [5, 5.41) is 4.61. The molecule has 5 heteroatoms. The lowest BCUT2D eigenvalue weighted by Gasteiger charge is -2.37. The van der Waals surface area contributed by atoms with Gasteiger partial charge >= 0.3 is 0 Å². The Labute approximate surface area is 158 Å². The first-order valence-electron chi connectivity index (χ1n) is 8.17. The van der Waals surface area contributed by atoms with E-state index >= 15 is 0 Å². The van der Waals surface area contributed by atoms with Crippen LogP contribution < -0.4 is 5.32 Å². The van der Waals surface area contributed by atoms with Crippen LogP contribution in [0.1, 0.15) is 35.8 Å². The van der Waals surface area contributed by atoms with Crippen molar-refractivity contribution >= 4 is 34.7 Å². The van der Waals surface area contributed by atoms with E-state index in [-0.39, 0.29) is 11.8 Å². The zero-order chi connectivity index (χ0) is 18.0. The van der Waals surface area contributed by atoms with Gasteiger partial charge in [-0.2, -0.15) is 0 Å². The molecule has 0 amide bonds. The largest absolute Gasteiger partial charge is 0.351 e. The summed E-state index contributed by atoms with van der Waals surface area (Å²) >= 11 is 11.5. The number of nitrogens with one attached hydrogen (secondary N) is 1. The van der Waals surface area contributed by atoms with Gasteiger partial charge in [0.1, 0.15) is 0 Å². The lowest BCUT2D eigenvalue weighted by molar-refractivity contribution is 0.102. The Hall–Kier alpha value is -2.17. The lowest BCUT2D eigenvalue weighted by atomic mass is 9.89. The molecule has 1 heterocycles. The van der Waals surface area contributed by atoms with Crippen LogP contribution in [0.25, 0.3) is 0 Å². The van der Waals surface area contributed by atoms with Crippen molar-refractivity contribution in [2.24, 2.45) is 0 Å². The zero-order valence-corrected chi connectivity index (χ0v) is 15.7. The highest BCUT2D eigenvalue weighted by Crippen LogP contribution is 2.33. The Morgan fingerprint density at radius 2 is 1.80 bits per heavy atom. The zero-order valence-electron chi connectivity index (χ0n) is 14.1. The van der Waals surface area contributed by atoms with Crippen molar-refractivity contribution in [3.63, 3.8) is 0 Å². The molecule has 2 aromatic rings. The van der Waals surface area contributed by atoms with Crippen LogP contribution in [0, 0.1) is 0 Å². The third kappa shape index (κ3) is 3.46. The SMILES string of the molecule is CCN1C(=S)NC(c2ccc(Cl)cc2)C(C(=O)c2ccccc2)=C1C. The lowest BCUT2D eigenvalue weighted by Crippen LogP contribution is -2.47. The van der Waals surface area contributed by atoms with Crippen molar-refractivity contribution in [3.05, 3.63) is 82.0 Å². The summed E-state index contributed by atoms with van der Waals surface area (Å²) in [6.45, 7) is 4.68. The second kappa shape index (κ2) is 7.38. The third-order valence-electron chi connectivity index (χ3n) is 4.40. The number of Topliss-reactive ketones (excluding diaryl/α,β-unsaturated/α-hetero) is 1. The molecule has 25 heavy (non-hydrogen) atoms. The number of halogens is 1. The van der Waals surface area contributed by atoms with E-state index in [1.165, 1.54) is 0 Å². The van der Waals surface area contributed by atoms with Gasteiger partial charge < -0.3 is 10.2 Å². The summed E-state index contributed by atoms with van der Waals surface area (Å²) in [5.74, 6) is 0.00602. The van der Waals surface area contributed by atoms with Gasteiger partial charge in [0, 0.05) is 28.4 Å². The molecule has 0 fully saturated rings. The average molecular weight is 371 g/mol. The van der Waals surface area contributed by atoms with E-state index in [0.717, 1.165) is 11.3 Å². The third-order valence-corrected chi connectivity index (χ3v) is 4.99. The summed E-state index contributed by atoms with van der Waals surface area (Å²) < 4.78 is 0. The molecule has 0 saturated carbocycles. The van der Waals surface area contributed by atoms with E-state index in [1.807, 2.05) is 73.3 Å². The van der Waals surface area contributed by atoms with Crippen molar-refractivity contribution in [2.45, 2.75) is 19.9 Å². The molecular formula is C20H19ClN2OS. The van der Waals surface area contributed by atoms with Crippen LogP contribution >= 0.6 is 23.8 Å². The van der Waals surface area contributed by atoms with Gasteiger partial charge in [-0.15, -0.1) is 0 Å². The van der Waals surface area contributed by atoms with Gasteiger partial charge in [0.2, 0.25) is 0 Å². The molecule has 0 spiro atoms. The highest BCUT2D eigenvalue weighted by molar-refractivity contribution is 7.80. The fourth-order valence-electron chi connectivity index (χ4n) is 3.11. The van der Waals surface area contributed by atoms with Gasteiger partial charge in [0.05, 0.1) is 6.04 Å². The van der Waals surface area contributed by atoms with Crippen molar-refractivity contribution in [2.75, 3.05) is 6.54 Å². The minimum absolute atomic E-state index is 0.00602. The molecule has 1 N–H and O–H groups in total. The first kappa shape index (κ1) is 17.6. The molecule has 2 aromatic carbocycles. The summed E-state index contributed by atoms with van der Waals surface area (Å²) in [6, 6.07) is 16.5.